The van der Waals surface area contributed by atoms with Crippen molar-refractivity contribution in [3.05, 3.63) is 29.8 Å². The fraction of sp³-hybridized carbons (Fsp3) is 0.600. The van der Waals surface area contributed by atoms with E-state index in [4.69, 9.17) is 16.3 Å². The van der Waals surface area contributed by atoms with Gasteiger partial charge in [-0.15, -0.1) is 0 Å². The van der Waals surface area contributed by atoms with Gasteiger partial charge >= 0.3 is 0 Å². The van der Waals surface area contributed by atoms with Crippen LogP contribution in [0.15, 0.2) is 24.3 Å². The molecule has 2 unspecified atom stereocenters. The van der Waals surface area contributed by atoms with Gasteiger partial charge in [-0.1, -0.05) is 18.2 Å². The smallest absolute Gasteiger partial charge is 0.0681 e. The maximum atomic E-state index is 6.16. The van der Waals surface area contributed by atoms with E-state index in [1.54, 1.807) is 0 Å². The van der Waals surface area contributed by atoms with Crippen molar-refractivity contribution in [3.8, 4) is 0 Å². The zero-order chi connectivity index (χ0) is 14.3. The maximum absolute atomic E-state index is 6.16. The van der Waals surface area contributed by atoms with Gasteiger partial charge in [0.05, 0.1) is 17.2 Å². The minimum absolute atomic E-state index is 0.00188. The largest absolute Gasteiger partial charge is 0.398 e. The molecule has 1 aromatic rings. The van der Waals surface area contributed by atoms with Crippen LogP contribution in [0.3, 0.4) is 0 Å². The molecule has 0 spiro atoms. The van der Waals surface area contributed by atoms with Gasteiger partial charge in [0.15, 0.2) is 0 Å². The first-order valence-corrected chi connectivity index (χ1v) is 6.77. The second-order valence-corrected chi connectivity index (χ2v) is 6.55. The van der Waals surface area contributed by atoms with Crippen molar-refractivity contribution in [2.24, 2.45) is 11.8 Å². The number of nitrogens with two attached hydrogens (primary N) is 2. The number of hydrazine groups is 1. The minimum atomic E-state index is -0.233. The lowest BCUT2D eigenvalue weighted by Crippen LogP contribution is -2.41. The van der Waals surface area contributed by atoms with Crippen molar-refractivity contribution in [1.29, 1.82) is 0 Å². The monoisotopic (exact) mass is 263 g/mol. The van der Waals surface area contributed by atoms with Crippen LogP contribution >= 0.6 is 0 Å². The number of nitrogen functional groups attached to an aromatic ring is 1. The quantitative estimate of drug-likeness (QED) is 0.445. The van der Waals surface area contributed by atoms with E-state index in [0.29, 0.717) is 0 Å². The van der Waals surface area contributed by atoms with E-state index < -0.39 is 0 Å². The number of benzene rings is 1. The minimum Gasteiger partial charge on any atom is -0.398 e. The number of hydrogen-bond donors (Lipinski definition) is 3. The van der Waals surface area contributed by atoms with Gasteiger partial charge in [0.1, 0.15) is 0 Å². The van der Waals surface area contributed by atoms with E-state index in [9.17, 15) is 0 Å². The fourth-order valence-electron chi connectivity index (χ4n) is 3.34. The van der Waals surface area contributed by atoms with Gasteiger partial charge in [-0.3, -0.25) is 11.3 Å². The second-order valence-electron chi connectivity index (χ2n) is 6.55. The van der Waals surface area contributed by atoms with Crippen molar-refractivity contribution in [2.75, 3.05) is 5.73 Å². The highest BCUT2D eigenvalue weighted by atomic mass is 16.5. The van der Waals surface area contributed by atoms with Gasteiger partial charge in [0.2, 0.25) is 0 Å². The molecule has 5 N–H and O–H groups in total. The summed E-state index contributed by atoms with van der Waals surface area (Å²) in [6.07, 6.45) is 0.948. The van der Waals surface area contributed by atoms with Crippen LogP contribution in [0.1, 0.15) is 45.7 Å². The Morgan fingerprint density at radius 3 is 2.37 bits per heavy atom. The normalized spacial score (nSPS) is 26.3. The Morgan fingerprint density at radius 1 is 1.26 bits per heavy atom. The molecule has 1 aromatic carbocycles. The molecule has 4 heteroatoms. The number of rotatable bonds is 3. The highest BCUT2D eigenvalue weighted by Gasteiger charge is 2.49. The molecule has 0 aromatic heterocycles. The average Bonchev–Trinajstić information content (AvgIpc) is 2.51. The van der Waals surface area contributed by atoms with Crippen LogP contribution in [0.4, 0.5) is 5.69 Å². The molecule has 2 atom stereocenters. The van der Waals surface area contributed by atoms with Gasteiger partial charge in [-0.25, -0.2) is 0 Å². The molecule has 0 aliphatic carbocycles. The van der Waals surface area contributed by atoms with Crippen molar-refractivity contribution >= 4 is 5.69 Å². The molecule has 4 nitrogen and oxygen atoms in total. The topological polar surface area (TPSA) is 73.3 Å². The first-order chi connectivity index (χ1) is 8.77. The van der Waals surface area contributed by atoms with Crippen molar-refractivity contribution < 1.29 is 4.74 Å². The van der Waals surface area contributed by atoms with Crippen LogP contribution in [-0.2, 0) is 4.74 Å². The Hall–Kier alpha value is -1.10. The van der Waals surface area contributed by atoms with E-state index in [-0.39, 0.29) is 23.2 Å². The van der Waals surface area contributed by atoms with E-state index in [1.165, 1.54) is 0 Å². The molecular weight excluding hydrogens is 238 g/mol. The summed E-state index contributed by atoms with van der Waals surface area (Å²) in [6.45, 7) is 8.49. The first-order valence-electron chi connectivity index (χ1n) is 6.77. The lowest BCUT2D eigenvalue weighted by atomic mass is 9.79. The summed E-state index contributed by atoms with van der Waals surface area (Å²) >= 11 is 0. The number of para-hydroxylation sites is 1. The van der Waals surface area contributed by atoms with E-state index in [1.807, 2.05) is 24.3 Å². The Bertz CT molecular complexity index is 456. The lowest BCUT2D eigenvalue weighted by Gasteiger charge is -2.33. The van der Waals surface area contributed by atoms with Crippen LogP contribution in [0.5, 0.6) is 0 Å². The molecule has 0 amide bonds. The molecule has 0 radical (unpaired) electrons. The zero-order valence-corrected chi connectivity index (χ0v) is 12.2. The van der Waals surface area contributed by atoms with Gasteiger partial charge in [0.25, 0.3) is 0 Å². The third-order valence-electron chi connectivity index (χ3n) is 4.06. The summed E-state index contributed by atoms with van der Waals surface area (Å²) in [5, 5.41) is 0. The SMILES string of the molecule is CC1(C)CC(C(NN)c2ccccc2N)C(C)(C)O1. The summed E-state index contributed by atoms with van der Waals surface area (Å²) in [7, 11) is 0. The summed E-state index contributed by atoms with van der Waals surface area (Å²) in [4.78, 5) is 0. The molecule has 0 saturated carbocycles. The molecule has 1 aliphatic heterocycles. The Balaban J connectivity index is 2.36. The predicted molar refractivity (Wildman–Crippen MR) is 78.3 cm³/mol. The molecule has 1 heterocycles. The molecule has 0 bridgehead atoms. The van der Waals surface area contributed by atoms with E-state index >= 15 is 0 Å². The number of ether oxygens (including phenoxy) is 1. The highest BCUT2D eigenvalue weighted by molar-refractivity contribution is 5.48. The van der Waals surface area contributed by atoms with Gasteiger partial charge < -0.3 is 10.5 Å². The Morgan fingerprint density at radius 2 is 1.89 bits per heavy atom. The van der Waals surface area contributed by atoms with Gasteiger partial charge in [-0.05, 0) is 45.7 Å². The number of anilines is 1. The van der Waals surface area contributed by atoms with Crippen LogP contribution in [-0.4, -0.2) is 11.2 Å². The summed E-state index contributed by atoms with van der Waals surface area (Å²) in [5.74, 6) is 6.08. The van der Waals surface area contributed by atoms with E-state index in [0.717, 1.165) is 17.7 Å². The molecule has 2 rings (SSSR count). The maximum Gasteiger partial charge on any atom is 0.0681 e. The molecule has 1 fully saturated rings. The number of nitrogens with one attached hydrogen (secondary N) is 1. The van der Waals surface area contributed by atoms with Crippen LogP contribution in [0.25, 0.3) is 0 Å². The van der Waals surface area contributed by atoms with Crippen LogP contribution in [0.2, 0.25) is 0 Å². The predicted octanol–water partition coefficient (Wildman–Crippen LogP) is 2.37. The standard InChI is InChI=1S/C15H25N3O/c1-14(2)9-11(15(3,4)19-14)13(18-17)10-7-5-6-8-12(10)16/h5-8,11,13,18H,9,16-17H2,1-4H3. The number of hydrogen-bond acceptors (Lipinski definition) is 4. The van der Waals surface area contributed by atoms with Crippen molar-refractivity contribution in [3.63, 3.8) is 0 Å². The van der Waals surface area contributed by atoms with Crippen LogP contribution < -0.4 is 17.0 Å². The van der Waals surface area contributed by atoms with Gasteiger partial charge in [-0.2, -0.15) is 0 Å². The zero-order valence-electron chi connectivity index (χ0n) is 12.2. The molecule has 106 valence electrons. The summed E-state index contributed by atoms with van der Waals surface area (Å²) in [5.41, 5.74) is 10.5. The second kappa shape index (κ2) is 4.78. The van der Waals surface area contributed by atoms with Crippen molar-refractivity contribution in [1.82, 2.24) is 5.43 Å². The molecule has 1 saturated heterocycles. The molecule has 1 aliphatic rings. The highest BCUT2D eigenvalue weighted by Crippen LogP contribution is 2.48. The van der Waals surface area contributed by atoms with Crippen LogP contribution in [0, 0.1) is 5.92 Å². The summed E-state index contributed by atoms with van der Waals surface area (Å²) in [6, 6.07) is 7.86. The third kappa shape index (κ3) is 2.76. The van der Waals surface area contributed by atoms with Gasteiger partial charge in [0, 0.05) is 11.6 Å². The Kier molecular flexibility index (Phi) is 3.60. The molecule has 19 heavy (non-hydrogen) atoms. The average molecular weight is 263 g/mol. The lowest BCUT2D eigenvalue weighted by molar-refractivity contribution is -0.0778. The third-order valence-corrected chi connectivity index (χ3v) is 4.06. The molecular formula is C15H25N3O. The summed E-state index contributed by atoms with van der Waals surface area (Å²) < 4.78 is 6.16. The van der Waals surface area contributed by atoms with Crippen molar-refractivity contribution in [2.45, 2.75) is 51.4 Å². The first kappa shape index (κ1) is 14.3. The Labute approximate surface area is 115 Å². The fourth-order valence-corrected chi connectivity index (χ4v) is 3.34. The van der Waals surface area contributed by atoms with E-state index in [2.05, 4.69) is 33.1 Å².